The van der Waals surface area contributed by atoms with Crippen molar-refractivity contribution in [1.29, 1.82) is 0 Å². The van der Waals surface area contributed by atoms with E-state index in [1.165, 1.54) is 7.11 Å². The smallest absolute Gasteiger partial charge is 0.438 e. The van der Waals surface area contributed by atoms with Gasteiger partial charge in [-0.05, 0) is 38.0 Å². The number of rotatable bonds is 3. The molecule has 0 heterocycles. The predicted octanol–water partition coefficient (Wildman–Crippen LogP) is 2.83. The van der Waals surface area contributed by atoms with Crippen LogP contribution in [-0.2, 0) is 9.57 Å². The lowest BCUT2D eigenvalue weighted by atomic mass is 10.1. The molecule has 0 unspecified atom stereocenters. The van der Waals surface area contributed by atoms with Crippen LogP contribution >= 0.6 is 0 Å². The minimum absolute atomic E-state index is 0.323. The highest BCUT2D eigenvalue weighted by Crippen LogP contribution is 2.23. The van der Waals surface area contributed by atoms with E-state index in [-0.39, 0.29) is 0 Å². The first-order valence-electron chi connectivity index (χ1n) is 5.19. The van der Waals surface area contributed by atoms with Crippen molar-refractivity contribution in [3.05, 3.63) is 29.3 Å². The Morgan fingerprint density at radius 1 is 1.38 bits per heavy atom. The molecule has 1 aromatic rings. The van der Waals surface area contributed by atoms with Gasteiger partial charge in [-0.15, -0.1) is 0 Å². The van der Waals surface area contributed by atoms with Crippen molar-refractivity contribution >= 4 is 11.8 Å². The van der Waals surface area contributed by atoms with Crippen molar-refractivity contribution in [3.8, 4) is 0 Å². The van der Waals surface area contributed by atoms with Crippen molar-refractivity contribution < 1.29 is 14.4 Å². The lowest BCUT2D eigenvalue weighted by molar-refractivity contribution is 0.103. The molecule has 0 radical (unpaired) electrons. The Hall–Kier alpha value is -1.55. The number of carbonyl (C=O) groups is 1. The summed E-state index contributed by atoms with van der Waals surface area (Å²) < 4.78 is 4.91. The van der Waals surface area contributed by atoms with Crippen molar-refractivity contribution in [2.45, 2.75) is 20.8 Å². The molecule has 0 aliphatic heterocycles. The van der Waals surface area contributed by atoms with E-state index in [0.29, 0.717) is 12.3 Å². The summed E-state index contributed by atoms with van der Waals surface area (Å²) in [6, 6.07) is 5.68. The summed E-state index contributed by atoms with van der Waals surface area (Å²) in [7, 11) is 1.44. The van der Waals surface area contributed by atoms with Crippen LogP contribution in [-0.4, -0.2) is 19.8 Å². The fraction of sp³-hybridized carbons (Fsp3) is 0.417. The summed E-state index contributed by atoms with van der Waals surface area (Å²) in [5.41, 5.74) is 2.81. The quantitative estimate of drug-likeness (QED) is 0.739. The van der Waals surface area contributed by atoms with Crippen molar-refractivity contribution in [2.24, 2.45) is 0 Å². The van der Waals surface area contributed by atoms with Gasteiger partial charge in [0.25, 0.3) is 0 Å². The highest BCUT2D eigenvalue weighted by molar-refractivity contribution is 5.86. The monoisotopic (exact) mass is 223 g/mol. The van der Waals surface area contributed by atoms with Gasteiger partial charge in [-0.25, -0.2) is 4.79 Å². The Morgan fingerprint density at radius 2 is 2.06 bits per heavy atom. The highest BCUT2D eigenvalue weighted by atomic mass is 16.7. The number of amides is 1. The molecule has 4 heteroatoms. The average molecular weight is 223 g/mol. The Bertz CT molecular complexity index is 377. The third-order valence-electron chi connectivity index (χ3n) is 2.41. The third-order valence-corrected chi connectivity index (χ3v) is 2.41. The predicted molar refractivity (Wildman–Crippen MR) is 62.4 cm³/mol. The van der Waals surface area contributed by atoms with E-state index in [1.54, 1.807) is 6.92 Å². The van der Waals surface area contributed by atoms with Gasteiger partial charge in [0.1, 0.15) is 0 Å². The van der Waals surface area contributed by atoms with E-state index in [2.05, 4.69) is 0 Å². The Balaban J connectivity index is 3.04. The first-order chi connectivity index (χ1) is 7.61. The van der Waals surface area contributed by atoms with Crippen molar-refractivity contribution in [2.75, 3.05) is 18.8 Å². The molecule has 16 heavy (non-hydrogen) atoms. The number of hydrogen-bond donors (Lipinski definition) is 0. The van der Waals surface area contributed by atoms with Crippen LogP contribution in [0.15, 0.2) is 18.2 Å². The SMILES string of the molecule is CCOC(=O)N(OC)c1cccc(C)c1C. The second kappa shape index (κ2) is 5.51. The molecule has 0 aromatic heterocycles. The van der Waals surface area contributed by atoms with Crippen LogP contribution in [0, 0.1) is 13.8 Å². The first kappa shape index (κ1) is 12.5. The summed E-state index contributed by atoms with van der Waals surface area (Å²) in [5, 5.41) is 1.16. The van der Waals surface area contributed by atoms with Gasteiger partial charge in [0.05, 0.1) is 19.4 Å². The van der Waals surface area contributed by atoms with Gasteiger partial charge in [-0.3, -0.25) is 4.84 Å². The lowest BCUT2D eigenvalue weighted by Gasteiger charge is -2.21. The maximum atomic E-state index is 11.6. The number of aryl methyl sites for hydroxylation is 1. The largest absolute Gasteiger partial charge is 0.448 e. The van der Waals surface area contributed by atoms with Crippen LogP contribution in [0.1, 0.15) is 18.1 Å². The van der Waals surface area contributed by atoms with E-state index in [0.717, 1.165) is 16.2 Å². The summed E-state index contributed by atoms with van der Waals surface area (Å²) in [4.78, 5) is 16.7. The zero-order chi connectivity index (χ0) is 12.1. The van der Waals surface area contributed by atoms with Crippen LogP contribution in [0.25, 0.3) is 0 Å². The molecule has 88 valence electrons. The Kier molecular flexibility index (Phi) is 4.31. The van der Waals surface area contributed by atoms with Crippen LogP contribution in [0.3, 0.4) is 0 Å². The first-order valence-corrected chi connectivity index (χ1v) is 5.19. The van der Waals surface area contributed by atoms with Gasteiger partial charge in [0.15, 0.2) is 0 Å². The fourth-order valence-corrected chi connectivity index (χ4v) is 1.41. The molecule has 0 fully saturated rings. The highest BCUT2D eigenvalue weighted by Gasteiger charge is 2.18. The molecule has 0 saturated carbocycles. The van der Waals surface area contributed by atoms with E-state index in [9.17, 15) is 4.79 Å². The number of ether oxygens (including phenoxy) is 1. The van der Waals surface area contributed by atoms with E-state index >= 15 is 0 Å². The molecule has 0 aliphatic carbocycles. The standard InChI is InChI=1S/C12H17NO3/c1-5-16-12(14)13(15-4)11-8-6-7-9(2)10(11)3/h6-8H,5H2,1-4H3. The normalized spacial score (nSPS) is 10.0. The molecule has 1 amide bonds. The number of carbonyl (C=O) groups excluding carboxylic acids is 1. The number of hydrogen-bond acceptors (Lipinski definition) is 3. The molecule has 0 saturated heterocycles. The summed E-state index contributed by atoms with van der Waals surface area (Å²) in [5.74, 6) is 0. The zero-order valence-electron chi connectivity index (χ0n) is 10.1. The molecule has 1 rings (SSSR count). The molecule has 0 aliphatic rings. The lowest BCUT2D eigenvalue weighted by Crippen LogP contribution is -2.31. The minimum Gasteiger partial charge on any atom is -0.448 e. The maximum Gasteiger partial charge on any atom is 0.438 e. The topological polar surface area (TPSA) is 38.8 Å². The molecule has 0 N–H and O–H groups in total. The van der Waals surface area contributed by atoms with Crippen LogP contribution < -0.4 is 5.06 Å². The van der Waals surface area contributed by atoms with Gasteiger partial charge < -0.3 is 4.74 Å². The molecule has 0 spiro atoms. The van der Waals surface area contributed by atoms with Gasteiger partial charge in [0.2, 0.25) is 0 Å². The Labute approximate surface area is 95.7 Å². The van der Waals surface area contributed by atoms with Gasteiger partial charge in [-0.1, -0.05) is 12.1 Å². The van der Waals surface area contributed by atoms with Gasteiger partial charge in [0, 0.05) is 0 Å². The zero-order valence-corrected chi connectivity index (χ0v) is 10.1. The maximum absolute atomic E-state index is 11.6. The molecule has 1 aromatic carbocycles. The minimum atomic E-state index is -0.501. The molecule has 4 nitrogen and oxygen atoms in total. The molecular weight excluding hydrogens is 206 g/mol. The fourth-order valence-electron chi connectivity index (χ4n) is 1.41. The number of benzene rings is 1. The molecule has 0 atom stereocenters. The van der Waals surface area contributed by atoms with Crippen LogP contribution in [0.4, 0.5) is 10.5 Å². The second-order valence-electron chi connectivity index (χ2n) is 3.39. The molecular formula is C12H17NO3. The second-order valence-corrected chi connectivity index (χ2v) is 3.39. The molecule has 0 bridgehead atoms. The van der Waals surface area contributed by atoms with Crippen LogP contribution in [0.5, 0.6) is 0 Å². The number of anilines is 1. The van der Waals surface area contributed by atoms with E-state index < -0.39 is 6.09 Å². The van der Waals surface area contributed by atoms with Crippen molar-refractivity contribution in [1.82, 2.24) is 0 Å². The number of nitrogens with zero attached hydrogens (tertiary/aromatic N) is 1. The van der Waals surface area contributed by atoms with E-state index in [4.69, 9.17) is 9.57 Å². The third kappa shape index (κ3) is 2.52. The summed E-state index contributed by atoms with van der Waals surface area (Å²) in [6.07, 6.45) is -0.501. The van der Waals surface area contributed by atoms with Crippen molar-refractivity contribution in [3.63, 3.8) is 0 Å². The van der Waals surface area contributed by atoms with Gasteiger partial charge in [-0.2, -0.15) is 5.06 Å². The van der Waals surface area contributed by atoms with Gasteiger partial charge >= 0.3 is 6.09 Å². The number of hydroxylamine groups is 1. The van der Waals surface area contributed by atoms with E-state index in [1.807, 2.05) is 32.0 Å². The summed E-state index contributed by atoms with van der Waals surface area (Å²) in [6.45, 7) is 6.01. The summed E-state index contributed by atoms with van der Waals surface area (Å²) >= 11 is 0. The van der Waals surface area contributed by atoms with Crippen LogP contribution in [0.2, 0.25) is 0 Å². The average Bonchev–Trinajstić information content (AvgIpc) is 2.25. The Morgan fingerprint density at radius 3 is 2.62 bits per heavy atom.